The molecule has 4 nitrogen and oxygen atoms in total. The second-order valence-corrected chi connectivity index (χ2v) is 7.98. The molecule has 0 aliphatic carbocycles. The van der Waals surface area contributed by atoms with E-state index in [-0.39, 0.29) is 11.5 Å². The van der Waals surface area contributed by atoms with Crippen LogP contribution in [0.4, 0.5) is 0 Å². The van der Waals surface area contributed by atoms with Gasteiger partial charge in [0.1, 0.15) is 5.15 Å². The minimum Gasteiger partial charge on any atom is -0.393 e. The van der Waals surface area contributed by atoms with Crippen LogP contribution >= 0.6 is 11.6 Å². The lowest BCUT2D eigenvalue weighted by atomic mass is 9.89. The number of rotatable bonds is 3. The highest BCUT2D eigenvalue weighted by molar-refractivity contribution is 6.30. The molecule has 2 heterocycles. The van der Waals surface area contributed by atoms with Gasteiger partial charge in [0.15, 0.2) is 0 Å². The van der Waals surface area contributed by atoms with E-state index in [0.717, 1.165) is 49.4 Å². The van der Waals surface area contributed by atoms with Gasteiger partial charge in [0.05, 0.1) is 17.5 Å². The van der Waals surface area contributed by atoms with Gasteiger partial charge in [-0.1, -0.05) is 50.6 Å². The van der Waals surface area contributed by atoms with E-state index in [9.17, 15) is 5.11 Å². The van der Waals surface area contributed by atoms with Crippen molar-refractivity contribution in [2.75, 3.05) is 13.1 Å². The summed E-state index contributed by atoms with van der Waals surface area (Å²) in [7, 11) is 0. The molecule has 0 saturated carbocycles. The molecule has 1 aromatic heterocycles. The van der Waals surface area contributed by atoms with E-state index in [1.54, 1.807) is 0 Å². The number of benzene rings is 1. The van der Waals surface area contributed by atoms with Crippen molar-refractivity contribution in [2.24, 2.45) is 0 Å². The first-order valence-electron chi connectivity index (χ1n) is 8.60. The summed E-state index contributed by atoms with van der Waals surface area (Å²) < 4.78 is 1.84. The lowest BCUT2D eigenvalue weighted by Gasteiger charge is -2.30. The van der Waals surface area contributed by atoms with Crippen LogP contribution in [0.1, 0.15) is 44.9 Å². The topological polar surface area (TPSA) is 41.3 Å². The lowest BCUT2D eigenvalue weighted by Crippen LogP contribution is -2.35. The molecule has 0 spiro atoms. The number of hydrogen-bond donors (Lipinski definition) is 1. The number of para-hydroxylation sites is 1. The Hall–Kier alpha value is -1.36. The van der Waals surface area contributed by atoms with Crippen molar-refractivity contribution in [1.29, 1.82) is 0 Å². The van der Waals surface area contributed by atoms with Crippen LogP contribution in [0.5, 0.6) is 0 Å². The zero-order chi connectivity index (χ0) is 17.3. The van der Waals surface area contributed by atoms with Gasteiger partial charge in [0, 0.05) is 30.6 Å². The summed E-state index contributed by atoms with van der Waals surface area (Å²) in [6, 6.07) is 10.0. The van der Waals surface area contributed by atoms with Crippen molar-refractivity contribution >= 4 is 11.6 Å². The van der Waals surface area contributed by atoms with Gasteiger partial charge in [-0.3, -0.25) is 4.90 Å². The van der Waals surface area contributed by atoms with Crippen LogP contribution in [-0.4, -0.2) is 39.0 Å². The molecule has 1 aromatic carbocycles. The number of aromatic nitrogens is 2. The van der Waals surface area contributed by atoms with Crippen molar-refractivity contribution in [3.63, 3.8) is 0 Å². The molecule has 1 fully saturated rings. The molecule has 1 aliphatic heterocycles. The Kier molecular flexibility index (Phi) is 5.00. The third-order valence-corrected chi connectivity index (χ3v) is 4.96. The van der Waals surface area contributed by atoms with Crippen molar-refractivity contribution in [1.82, 2.24) is 14.7 Å². The Balaban J connectivity index is 1.96. The van der Waals surface area contributed by atoms with E-state index in [2.05, 4.69) is 25.7 Å². The minimum absolute atomic E-state index is 0.0751. The summed E-state index contributed by atoms with van der Waals surface area (Å²) >= 11 is 6.74. The average molecular weight is 348 g/mol. The maximum Gasteiger partial charge on any atom is 0.137 e. The van der Waals surface area contributed by atoms with Crippen LogP contribution in [-0.2, 0) is 12.0 Å². The molecule has 0 atom stereocenters. The Morgan fingerprint density at radius 2 is 1.79 bits per heavy atom. The molecule has 130 valence electrons. The minimum atomic E-state index is -0.161. The SMILES string of the molecule is CC(C)(C)c1nn(-c2ccccc2)c(Cl)c1CN1CCC(O)CC1. The van der Waals surface area contributed by atoms with Crippen LogP contribution in [0, 0.1) is 0 Å². The molecule has 5 heteroatoms. The molecular formula is C19H26ClN3O. The van der Waals surface area contributed by atoms with Crippen molar-refractivity contribution < 1.29 is 5.11 Å². The fourth-order valence-electron chi connectivity index (χ4n) is 3.21. The smallest absolute Gasteiger partial charge is 0.137 e. The molecule has 0 unspecified atom stereocenters. The zero-order valence-corrected chi connectivity index (χ0v) is 15.4. The Labute approximate surface area is 149 Å². The summed E-state index contributed by atoms with van der Waals surface area (Å²) in [6.07, 6.45) is 1.50. The molecule has 2 aromatic rings. The molecule has 1 saturated heterocycles. The van der Waals surface area contributed by atoms with Gasteiger partial charge in [0.2, 0.25) is 0 Å². The Bertz CT molecular complexity index is 683. The van der Waals surface area contributed by atoms with E-state index in [4.69, 9.17) is 16.7 Å². The van der Waals surface area contributed by atoms with E-state index >= 15 is 0 Å². The van der Waals surface area contributed by atoms with E-state index in [1.807, 2.05) is 35.0 Å². The first kappa shape index (κ1) is 17.5. The fourth-order valence-corrected chi connectivity index (χ4v) is 3.50. The van der Waals surface area contributed by atoms with Gasteiger partial charge < -0.3 is 5.11 Å². The standard InChI is InChI=1S/C19H26ClN3O/c1-19(2,3)17-16(13-22-11-9-15(24)10-12-22)18(20)23(21-17)14-7-5-4-6-8-14/h4-8,15,24H,9-13H2,1-3H3. The van der Waals surface area contributed by atoms with Crippen molar-refractivity contribution in [3.05, 3.63) is 46.7 Å². The highest BCUT2D eigenvalue weighted by Gasteiger charge is 2.28. The maximum absolute atomic E-state index is 9.72. The van der Waals surface area contributed by atoms with Gasteiger partial charge in [-0.05, 0) is 25.0 Å². The largest absolute Gasteiger partial charge is 0.393 e. The summed E-state index contributed by atoms with van der Waals surface area (Å²) in [4.78, 5) is 2.36. The molecule has 0 bridgehead atoms. The Morgan fingerprint density at radius 3 is 2.38 bits per heavy atom. The second kappa shape index (κ2) is 6.87. The normalized spacial score (nSPS) is 17.4. The van der Waals surface area contributed by atoms with Crippen LogP contribution in [0.25, 0.3) is 5.69 Å². The van der Waals surface area contributed by atoms with Crippen molar-refractivity contribution in [2.45, 2.75) is 51.7 Å². The number of aliphatic hydroxyl groups excluding tert-OH is 1. The second-order valence-electron chi connectivity index (χ2n) is 7.62. The van der Waals surface area contributed by atoms with Gasteiger partial charge >= 0.3 is 0 Å². The summed E-state index contributed by atoms with van der Waals surface area (Å²) in [5.74, 6) is 0. The predicted molar refractivity (Wildman–Crippen MR) is 97.8 cm³/mol. The number of aliphatic hydroxyl groups is 1. The summed E-state index contributed by atoms with van der Waals surface area (Å²) in [5.41, 5.74) is 3.05. The lowest BCUT2D eigenvalue weighted by molar-refractivity contribution is 0.0790. The molecule has 0 radical (unpaired) electrons. The third-order valence-electron chi connectivity index (χ3n) is 4.57. The average Bonchev–Trinajstić information content (AvgIpc) is 2.88. The first-order valence-corrected chi connectivity index (χ1v) is 8.98. The summed E-state index contributed by atoms with van der Waals surface area (Å²) in [6.45, 7) is 9.10. The van der Waals surface area contributed by atoms with Crippen molar-refractivity contribution in [3.8, 4) is 5.69 Å². The number of likely N-dealkylation sites (tertiary alicyclic amines) is 1. The van der Waals surface area contributed by atoms with Crippen LogP contribution in [0.15, 0.2) is 30.3 Å². The van der Waals surface area contributed by atoms with Gasteiger partial charge in [0.25, 0.3) is 0 Å². The summed E-state index contributed by atoms with van der Waals surface area (Å²) in [5, 5.41) is 15.2. The monoisotopic (exact) mass is 347 g/mol. The molecule has 0 amide bonds. The van der Waals surface area contributed by atoms with Crippen LogP contribution in [0.2, 0.25) is 5.15 Å². The fraction of sp³-hybridized carbons (Fsp3) is 0.526. The predicted octanol–water partition coefficient (Wildman–Crippen LogP) is 3.78. The number of halogens is 1. The molecule has 24 heavy (non-hydrogen) atoms. The van der Waals surface area contributed by atoms with Gasteiger partial charge in [-0.2, -0.15) is 5.10 Å². The molecule has 1 N–H and O–H groups in total. The van der Waals surface area contributed by atoms with Gasteiger partial charge in [-0.15, -0.1) is 0 Å². The number of piperidine rings is 1. The maximum atomic E-state index is 9.72. The number of hydrogen-bond acceptors (Lipinski definition) is 3. The zero-order valence-electron chi connectivity index (χ0n) is 14.7. The number of nitrogens with zero attached hydrogens (tertiary/aromatic N) is 3. The third kappa shape index (κ3) is 3.66. The highest BCUT2D eigenvalue weighted by atomic mass is 35.5. The molecule has 1 aliphatic rings. The van der Waals surface area contributed by atoms with Crippen LogP contribution < -0.4 is 0 Å². The van der Waals surface area contributed by atoms with Crippen LogP contribution in [0.3, 0.4) is 0 Å². The molecular weight excluding hydrogens is 322 g/mol. The van der Waals surface area contributed by atoms with E-state index in [1.165, 1.54) is 0 Å². The molecule has 3 rings (SSSR count). The Morgan fingerprint density at radius 1 is 1.17 bits per heavy atom. The first-order chi connectivity index (χ1) is 11.4. The highest BCUT2D eigenvalue weighted by Crippen LogP contribution is 2.33. The van der Waals surface area contributed by atoms with E-state index < -0.39 is 0 Å². The van der Waals surface area contributed by atoms with Gasteiger partial charge in [-0.25, -0.2) is 4.68 Å². The quantitative estimate of drug-likeness (QED) is 0.918. The van der Waals surface area contributed by atoms with E-state index in [0.29, 0.717) is 5.15 Å².